The van der Waals surface area contributed by atoms with E-state index in [0.717, 1.165) is 16.3 Å². The summed E-state index contributed by atoms with van der Waals surface area (Å²) in [5.74, 6) is -1.23. The first-order valence-electron chi connectivity index (χ1n) is 11.9. The Balaban J connectivity index is 1.76. The number of aliphatic carboxylic acids is 1. The molecule has 192 valence electrons. The number of carboxylic acid groups (broad SMARTS) is 1. The topological polar surface area (TPSA) is 118 Å². The molecule has 2 aliphatic heterocycles. The van der Waals surface area contributed by atoms with Crippen LogP contribution < -0.4 is 10.1 Å². The Kier molecular flexibility index (Phi) is 7.72. The standard InChI is InChI=1S/C26H30IN3O6/c1-26(2,3)20-23(31)30-18(24(32)33)14-19(21(30)27)36-22-17-13-15(8-9-16(17)10-11-28-22)7-5-4-6-12-35-25(34)29-20/h5,7-11,13,18-21H,4,6,12,14H2,1-3H3,(H,29,34)(H,32,33)/b7-5+/t18-,19+,20+,21?/m0/s1. The van der Waals surface area contributed by atoms with Crippen molar-refractivity contribution in [3.05, 3.63) is 42.1 Å². The molecule has 3 heterocycles. The molecule has 10 heteroatoms. The highest BCUT2D eigenvalue weighted by atomic mass is 127. The molecule has 4 rings (SSSR count). The molecule has 4 atom stereocenters. The minimum absolute atomic E-state index is 0.0909. The van der Waals surface area contributed by atoms with Crippen molar-refractivity contribution in [2.24, 2.45) is 5.41 Å². The van der Waals surface area contributed by atoms with Gasteiger partial charge in [-0.15, -0.1) is 0 Å². The summed E-state index contributed by atoms with van der Waals surface area (Å²) in [4.78, 5) is 44.2. The molecule has 0 spiro atoms. The van der Waals surface area contributed by atoms with Crippen molar-refractivity contribution in [2.45, 2.75) is 62.3 Å². The maximum atomic E-state index is 13.8. The second kappa shape index (κ2) is 10.6. The number of alkyl halides is 1. The molecule has 1 saturated heterocycles. The molecule has 2 aliphatic rings. The highest BCUT2D eigenvalue weighted by Crippen LogP contribution is 2.36. The lowest BCUT2D eigenvalue weighted by Crippen LogP contribution is -2.58. The number of allylic oxidation sites excluding steroid dienone is 1. The SMILES string of the molecule is CC(C)(C)[C@@H]1NC(=O)OCCC/C=C/c2ccc3ccnc(c3c2)O[C@@H]2C[C@@H](C(=O)O)N(C1=O)C2I. The van der Waals surface area contributed by atoms with Crippen LogP contribution in [0.2, 0.25) is 0 Å². The lowest BCUT2D eigenvalue weighted by molar-refractivity contribution is -0.150. The van der Waals surface area contributed by atoms with Gasteiger partial charge in [0.25, 0.3) is 0 Å². The minimum Gasteiger partial charge on any atom is -0.480 e. The van der Waals surface area contributed by atoms with E-state index in [-0.39, 0.29) is 13.0 Å². The van der Waals surface area contributed by atoms with Gasteiger partial charge in [0.05, 0.1) is 6.61 Å². The number of rotatable bonds is 1. The summed E-state index contributed by atoms with van der Waals surface area (Å²) in [5, 5.41) is 14.4. The van der Waals surface area contributed by atoms with Gasteiger partial charge in [-0.2, -0.15) is 0 Å². The molecule has 1 aromatic heterocycles. The van der Waals surface area contributed by atoms with Crippen molar-refractivity contribution in [2.75, 3.05) is 6.61 Å². The second-order valence-electron chi connectivity index (χ2n) is 10.1. The summed E-state index contributed by atoms with van der Waals surface area (Å²) in [5.41, 5.74) is 0.275. The Morgan fingerprint density at radius 3 is 2.75 bits per heavy atom. The number of hydrogen-bond donors (Lipinski definition) is 2. The molecule has 1 aromatic carbocycles. The van der Waals surface area contributed by atoms with Gasteiger partial charge in [0.2, 0.25) is 11.8 Å². The Bertz CT molecular complexity index is 1190. The van der Waals surface area contributed by atoms with Gasteiger partial charge in [-0.3, -0.25) is 4.79 Å². The first-order valence-corrected chi connectivity index (χ1v) is 13.1. The number of amides is 2. The number of alkyl carbamates (subject to hydrolysis) is 1. The van der Waals surface area contributed by atoms with Crippen molar-refractivity contribution in [3.63, 3.8) is 0 Å². The summed E-state index contributed by atoms with van der Waals surface area (Å²) in [6, 6.07) is 5.75. The van der Waals surface area contributed by atoms with E-state index < -0.39 is 45.6 Å². The first-order chi connectivity index (χ1) is 17.1. The van der Waals surface area contributed by atoms with Crippen molar-refractivity contribution < 1.29 is 29.0 Å². The van der Waals surface area contributed by atoms with Crippen LogP contribution in [0.3, 0.4) is 0 Å². The fraction of sp³-hybridized carbons (Fsp3) is 0.462. The van der Waals surface area contributed by atoms with Gasteiger partial charge in [-0.05, 0) is 41.3 Å². The second-order valence-corrected chi connectivity index (χ2v) is 11.4. The lowest BCUT2D eigenvalue weighted by Gasteiger charge is -2.36. The van der Waals surface area contributed by atoms with Crippen LogP contribution in [0.5, 0.6) is 5.88 Å². The lowest BCUT2D eigenvalue weighted by atomic mass is 9.85. The van der Waals surface area contributed by atoms with Crippen LogP contribution >= 0.6 is 22.6 Å². The molecule has 2 aromatic rings. The zero-order chi connectivity index (χ0) is 26.0. The molecule has 2 N–H and O–H groups in total. The average molecular weight is 607 g/mol. The zero-order valence-corrected chi connectivity index (χ0v) is 22.6. The minimum atomic E-state index is -1.13. The van der Waals surface area contributed by atoms with Crippen LogP contribution in [0.4, 0.5) is 4.79 Å². The number of aromatic nitrogens is 1. The van der Waals surface area contributed by atoms with Gasteiger partial charge in [-0.25, -0.2) is 14.6 Å². The van der Waals surface area contributed by atoms with Crippen molar-refractivity contribution in [1.29, 1.82) is 0 Å². The number of carbonyl (C=O) groups is 3. The third-order valence-electron chi connectivity index (χ3n) is 6.35. The molecule has 2 amide bonds. The molecule has 4 bridgehead atoms. The first kappa shape index (κ1) is 26.2. The molecule has 36 heavy (non-hydrogen) atoms. The Labute approximate surface area is 223 Å². The van der Waals surface area contributed by atoms with Gasteiger partial charge < -0.3 is 24.8 Å². The molecular weight excluding hydrogens is 577 g/mol. The summed E-state index contributed by atoms with van der Waals surface area (Å²) < 4.78 is 11.0. The number of cyclic esters (lactones) is 1. The molecule has 0 radical (unpaired) electrons. The van der Waals surface area contributed by atoms with E-state index in [2.05, 4.69) is 10.3 Å². The highest BCUT2D eigenvalue weighted by Gasteiger charge is 2.51. The van der Waals surface area contributed by atoms with Crippen LogP contribution in [0.1, 0.15) is 45.6 Å². The van der Waals surface area contributed by atoms with E-state index in [1.54, 1.807) is 6.20 Å². The number of halogens is 1. The number of nitrogens with zero attached hydrogens (tertiary/aromatic N) is 2. The van der Waals surface area contributed by atoms with Crippen molar-refractivity contribution in [3.8, 4) is 5.88 Å². The Morgan fingerprint density at radius 2 is 2.03 bits per heavy atom. The van der Waals surface area contributed by atoms with E-state index in [9.17, 15) is 19.5 Å². The number of nitrogens with one attached hydrogen (secondary N) is 1. The van der Waals surface area contributed by atoms with Crippen LogP contribution in [0.25, 0.3) is 16.8 Å². The normalized spacial score (nSPS) is 26.5. The van der Waals surface area contributed by atoms with Crippen molar-refractivity contribution >= 4 is 57.4 Å². The molecule has 0 saturated carbocycles. The number of pyridine rings is 1. The summed E-state index contributed by atoms with van der Waals surface area (Å²) in [7, 11) is 0. The number of carboxylic acids is 1. The van der Waals surface area contributed by atoms with E-state index in [1.165, 1.54) is 4.90 Å². The highest BCUT2D eigenvalue weighted by molar-refractivity contribution is 14.1. The number of fused-ring (bicyclic) bond motifs is 3. The third-order valence-corrected chi connectivity index (χ3v) is 7.76. The molecule has 1 unspecified atom stereocenters. The van der Waals surface area contributed by atoms with Crippen LogP contribution in [0, 0.1) is 5.41 Å². The van der Waals surface area contributed by atoms with Gasteiger partial charge in [0, 0.05) is 18.0 Å². The van der Waals surface area contributed by atoms with Crippen LogP contribution in [0.15, 0.2) is 36.5 Å². The monoisotopic (exact) mass is 607 g/mol. The maximum absolute atomic E-state index is 13.8. The Morgan fingerprint density at radius 1 is 1.25 bits per heavy atom. The summed E-state index contributed by atoms with van der Waals surface area (Å²) in [6.45, 7) is 5.63. The smallest absolute Gasteiger partial charge is 0.407 e. The molecular formula is C26H30IN3O6. The van der Waals surface area contributed by atoms with Crippen LogP contribution in [-0.2, 0) is 14.3 Å². The summed E-state index contributed by atoms with van der Waals surface area (Å²) >= 11 is 2.05. The quantitative estimate of drug-likeness (QED) is 0.281. The van der Waals surface area contributed by atoms with Crippen LogP contribution in [-0.4, -0.2) is 61.8 Å². The number of benzene rings is 1. The maximum Gasteiger partial charge on any atom is 0.407 e. The fourth-order valence-corrected chi connectivity index (χ4v) is 5.54. The Hall–Kier alpha value is -2.89. The molecule has 9 nitrogen and oxygen atoms in total. The predicted octanol–water partition coefficient (Wildman–Crippen LogP) is 4.38. The number of carbonyl (C=O) groups excluding carboxylic acids is 2. The third kappa shape index (κ3) is 5.58. The van der Waals surface area contributed by atoms with Gasteiger partial charge >= 0.3 is 12.1 Å². The number of hydrogen-bond acceptors (Lipinski definition) is 6. The van der Waals surface area contributed by atoms with Gasteiger partial charge in [0.1, 0.15) is 22.2 Å². The zero-order valence-electron chi connectivity index (χ0n) is 20.4. The molecule has 1 fully saturated rings. The van der Waals surface area contributed by atoms with Gasteiger partial charge in [-0.1, -0.05) is 67.6 Å². The molecule has 0 aliphatic carbocycles. The summed E-state index contributed by atoms with van der Waals surface area (Å²) in [6.07, 6.45) is 5.75. The number of ether oxygens (including phenoxy) is 2. The van der Waals surface area contributed by atoms with E-state index >= 15 is 0 Å². The largest absolute Gasteiger partial charge is 0.480 e. The van der Waals surface area contributed by atoms with Crippen molar-refractivity contribution in [1.82, 2.24) is 15.2 Å². The van der Waals surface area contributed by atoms with E-state index in [4.69, 9.17) is 9.47 Å². The fourth-order valence-electron chi connectivity index (χ4n) is 4.44. The predicted molar refractivity (Wildman–Crippen MR) is 143 cm³/mol. The van der Waals surface area contributed by atoms with Gasteiger partial charge in [0.15, 0.2) is 0 Å². The van der Waals surface area contributed by atoms with E-state index in [1.807, 2.05) is 79.8 Å². The average Bonchev–Trinajstić information content (AvgIpc) is 3.14. The van der Waals surface area contributed by atoms with E-state index in [0.29, 0.717) is 18.7 Å².